The molecule has 0 radical (unpaired) electrons. The number of aromatic nitrogens is 3. The molecule has 11 heteroatoms. The predicted molar refractivity (Wildman–Crippen MR) is 133 cm³/mol. The Kier molecular flexibility index (Phi) is 6.46. The molecule has 2 N–H and O–H groups in total. The Morgan fingerprint density at radius 2 is 1.78 bits per heavy atom. The molecule has 6 nitrogen and oxygen atoms in total. The van der Waals surface area contributed by atoms with Crippen molar-refractivity contribution in [1.82, 2.24) is 19.9 Å². The van der Waals surface area contributed by atoms with Crippen molar-refractivity contribution in [3.63, 3.8) is 0 Å². The smallest absolute Gasteiger partial charge is 0.351 e. The summed E-state index contributed by atoms with van der Waals surface area (Å²) in [5.41, 5.74) is 0.316. The van der Waals surface area contributed by atoms with Crippen LogP contribution in [0.2, 0.25) is 0 Å². The van der Waals surface area contributed by atoms with Gasteiger partial charge in [-0.3, -0.25) is 14.2 Å². The van der Waals surface area contributed by atoms with Crippen LogP contribution in [0.15, 0.2) is 82.7 Å². The van der Waals surface area contributed by atoms with Gasteiger partial charge in [-0.25, -0.2) is 9.37 Å². The molecule has 0 aliphatic carbocycles. The average molecular weight is 527 g/mol. The Balaban J connectivity index is 1.52. The van der Waals surface area contributed by atoms with E-state index in [1.165, 1.54) is 24.3 Å². The summed E-state index contributed by atoms with van der Waals surface area (Å²) in [5, 5.41) is 3.44. The number of carbonyl (C=O) groups excluding carboxylic acids is 1. The van der Waals surface area contributed by atoms with Crippen molar-refractivity contribution in [3.8, 4) is 5.69 Å². The largest absolute Gasteiger partial charge is 0.416 e. The second kappa shape index (κ2) is 9.74. The van der Waals surface area contributed by atoms with Crippen molar-refractivity contribution in [3.05, 3.63) is 100 Å². The number of fused-ring (bicyclic) bond motifs is 3. The fraction of sp³-hybridized carbons (Fsp3) is 0.115. The van der Waals surface area contributed by atoms with Gasteiger partial charge in [-0.05, 0) is 42.0 Å². The van der Waals surface area contributed by atoms with Gasteiger partial charge in [0.05, 0.1) is 17.0 Å². The summed E-state index contributed by atoms with van der Waals surface area (Å²) in [7, 11) is 0. The van der Waals surface area contributed by atoms with Crippen LogP contribution in [0.25, 0.3) is 27.6 Å². The van der Waals surface area contributed by atoms with Crippen LogP contribution in [0.4, 0.5) is 17.6 Å². The zero-order chi connectivity index (χ0) is 26.2. The molecule has 37 heavy (non-hydrogen) atoms. The molecule has 0 aliphatic rings. The molecule has 0 fully saturated rings. The van der Waals surface area contributed by atoms with Gasteiger partial charge in [0.1, 0.15) is 16.9 Å². The van der Waals surface area contributed by atoms with Crippen molar-refractivity contribution < 1.29 is 22.4 Å². The van der Waals surface area contributed by atoms with E-state index >= 15 is 0 Å². The van der Waals surface area contributed by atoms with Gasteiger partial charge < -0.3 is 10.3 Å². The molecule has 0 atom stereocenters. The highest BCUT2D eigenvalue weighted by molar-refractivity contribution is 7.99. The summed E-state index contributed by atoms with van der Waals surface area (Å²) < 4.78 is 54.3. The number of amides is 1. The summed E-state index contributed by atoms with van der Waals surface area (Å²) in [6.45, 7) is 0.162. The van der Waals surface area contributed by atoms with Gasteiger partial charge in [0, 0.05) is 17.4 Å². The lowest BCUT2D eigenvalue weighted by Crippen LogP contribution is -2.26. The highest BCUT2D eigenvalue weighted by Gasteiger charge is 2.31. The van der Waals surface area contributed by atoms with E-state index in [0.717, 1.165) is 28.5 Å². The summed E-state index contributed by atoms with van der Waals surface area (Å²) in [4.78, 5) is 33.6. The van der Waals surface area contributed by atoms with Crippen LogP contribution in [0.1, 0.15) is 11.1 Å². The van der Waals surface area contributed by atoms with E-state index in [1.54, 1.807) is 36.4 Å². The van der Waals surface area contributed by atoms with Crippen LogP contribution < -0.4 is 10.9 Å². The fourth-order valence-corrected chi connectivity index (χ4v) is 4.71. The third-order valence-electron chi connectivity index (χ3n) is 5.66. The number of nitrogens with zero attached hydrogens (tertiary/aromatic N) is 2. The predicted octanol–water partition coefficient (Wildman–Crippen LogP) is 5.43. The number of para-hydroxylation sites is 1. The summed E-state index contributed by atoms with van der Waals surface area (Å²) in [6.07, 6.45) is -4.61. The van der Waals surface area contributed by atoms with E-state index in [1.807, 2.05) is 0 Å². The van der Waals surface area contributed by atoms with Gasteiger partial charge in [0.25, 0.3) is 5.56 Å². The number of carbonyl (C=O) groups is 1. The molecule has 0 aliphatic heterocycles. The highest BCUT2D eigenvalue weighted by atomic mass is 32.2. The van der Waals surface area contributed by atoms with Crippen molar-refractivity contribution >= 4 is 39.6 Å². The molecule has 188 valence electrons. The first-order valence-corrected chi connectivity index (χ1v) is 12.0. The topological polar surface area (TPSA) is 79.8 Å². The van der Waals surface area contributed by atoms with Crippen LogP contribution in [0, 0.1) is 5.82 Å². The van der Waals surface area contributed by atoms with Gasteiger partial charge in [-0.15, -0.1) is 0 Å². The van der Waals surface area contributed by atoms with Crippen molar-refractivity contribution in [1.29, 1.82) is 0 Å². The van der Waals surface area contributed by atoms with E-state index in [0.29, 0.717) is 22.0 Å². The third-order valence-corrected chi connectivity index (χ3v) is 6.60. The van der Waals surface area contributed by atoms with E-state index < -0.39 is 29.0 Å². The number of halogens is 4. The van der Waals surface area contributed by atoms with Gasteiger partial charge in [-0.1, -0.05) is 48.2 Å². The number of aromatic amines is 1. The Hall–Kier alpha value is -4.12. The first kappa shape index (κ1) is 24.6. The third kappa shape index (κ3) is 5.08. The summed E-state index contributed by atoms with van der Waals surface area (Å²) in [6, 6.07) is 17.1. The lowest BCUT2D eigenvalue weighted by molar-refractivity contribution is -0.137. The monoisotopic (exact) mass is 526 g/mol. The van der Waals surface area contributed by atoms with Crippen molar-refractivity contribution in [2.45, 2.75) is 17.9 Å². The number of thioether (sulfide) groups is 1. The molecule has 2 heterocycles. The highest BCUT2D eigenvalue weighted by Crippen LogP contribution is 2.32. The van der Waals surface area contributed by atoms with Crippen LogP contribution in [0.3, 0.4) is 0 Å². The molecule has 5 rings (SSSR count). The van der Waals surface area contributed by atoms with E-state index in [4.69, 9.17) is 0 Å². The maximum Gasteiger partial charge on any atom is 0.416 e. The molecule has 0 unspecified atom stereocenters. The normalized spacial score (nSPS) is 11.8. The minimum absolute atomic E-state index is 0.0258. The molecule has 2 aromatic heterocycles. The van der Waals surface area contributed by atoms with Crippen LogP contribution >= 0.6 is 11.8 Å². The van der Waals surface area contributed by atoms with Gasteiger partial charge in [0.15, 0.2) is 5.16 Å². The van der Waals surface area contributed by atoms with E-state index in [2.05, 4.69) is 15.3 Å². The molecule has 0 saturated heterocycles. The Morgan fingerprint density at radius 3 is 2.54 bits per heavy atom. The van der Waals surface area contributed by atoms with Crippen molar-refractivity contribution in [2.75, 3.05) is 5.75 Å². The van der Waals surface area contributed by atoms with Crippen molar-refractivity contribution in [2.24, 2.45) is 0 Å². The number of H-pyrrole nitrogens is 1. The number of rotatable bonds is 6. The molecule has 0 spiro atoms. The second-order valence-electron chi connectivity index (χ2n) is 8.17. The van der Waals surface area contributed by atoms with Crippen LogP contribution in [-0.4, -0.2) is 26.2 Å². The Labute approximate surface area is 211 Å². The summed E-state index contributed by atoms with van der Waals surface area (Å²) in [5.74, 6) is -0.935. The molecule has 0 saturated carbocycles. The number of hydrogen-bond acceptors (Lipinski definition) is 4. The average Bonchev–Trinajstić information content (AvgIpc) is 3.26. The first-order chi connectivity index (χ1) is 17.7. The molecule has 5 aromatic rings. The number of benzene rings is 3. The molecule has 3 aromatic carbocycles. The number of nitrogens with one attached hydrogen (secondary N) is 2. The quantitative estimate of drug-likeness (QED) is 0.176. The fourth-order valence-electron chi connectivity index (χ4n) is 3.87. The standard InChI is InChI=1S/C26H18F4N4O2S/c27-17-10-8-15(9-11-17)13-31-21(35)14-37-25-33-22-19-6-1-2-7-20(19)32-23(22)24(36)34(25)18-5-3-4-16(12-18)26(28,29)30/h1-12,32H,13-14H2,(H,31,35). The molecular formula is C26H18F4N4O2S. The van der Waals surface area contributed by atoms with Crippen LogP contribution in [-0.2, 0) is 17.5 Å². The van der Waals surface area contributed by atoms with Gasteiger partial charge in [0.2, 0.25) is 5.91 Å². The molecule has 1 amide bonds. The summed E-state index contributed by atoms with van der Waals surface area (Å²) >= 11 is 0.927. The van der Waals surface area contributed by atoms with E-state index in [9.17, 15) is 27.2 Å². The number of hydrogen-bond donors (Lipinski definition) is 2. The second-order valence-corrected chi connectivity index (χ2v) is 9.11. The molecular weight excluding hydrogens is 508 g/mol. The lowest BCUT2D eigenvalue weighted by atomic mass is 10.2. The Morgan fingerprint density at radius 1 is 1.03 bits per heavy atom. The Bertz CT molecular complexity index is 1680. The van der Waals surface area contributed by atoms with Gasteiger partial charge in [-0.2, -0.15) is 13.2 Å². The minimum Gasteiger partial charge on any atom is -0.351 e. The lowest BCUT2D eigenvalue weighted by Gasteiger charge is -2.14. The van der Waals surface area contributed by atoms with Crippen LogP contribution in [0.5, 0.6) is 0 Å². The maximum atomic E-state index is 13.5. The SMILES string of the molecule is O=C(CSc1nc2c([nH]c3ccccc32)c(=O)n1-c1cccc(C(F)(F)F)c1)NCc1ccc(F)cc1. The van der Waals surface area contributed by atoms with E-state index in [-0.39, 0.29) is 28.7 Å². The zero-order valence-corrected chi connectivity index (χ0v) is 19.8. The minimum atomic E-state index is -4.61. The first-order valence-electron chi connectivity index (χ1n) is 11.1. The molecule has 0 bridgehead atoms. The number of alkyl halides is 3. The maximum absolute atomic E-state index is 13.5. The zero-order valence-electron chi connectivity index (χ0n) is 19.0. The van der Waals surface area contributed by atoms with Gasteiger partial charge >= 0.3 is 6.18 Å².